The van der Waals surface area contributed by atoms with Crippen molar-refractivity contribution in [1.29, 1.82) is 0 Å². The molecule has 1 atom stereocenters. The van der Waals surface area contributed by atoms with Gasteiger partial charge in [0.15, 0.2) is 0 Å². The van der Waals surface area contributed by atoms with Gasteiger partial charge in [-0.05, 0) is 32.9 Å². The Morgan fingerprint density at radius 3 is 2.71 bits per heavy atom. The third-order valence-corrected chi connectivity index (χ3v) is 5.50. The molecule has 1 aromatic carbocycles. The first-order valence-electron chi connectivity index (χ1n) is 8.85. The van der Waals surface area contributed by atoms with E-state index in [1.54, 1.807) is 29.1 Å². The van der Waals surface area contributed by atoms with E-state index in [-0.39, 0.29) is 18.9 Å². The van der Waals surface area contributed by atoms with Gasteiger partial charge in [-0.3, -0.25) is 14.4 Å². The number of carbonyl (C=O) groups is 3. The van der Waals surface area contributed by atoms with Gasteiger partial charge >= 0.3 is 0 Å². The molecule has 0 saturated carbocycles. The molecule has 9 heteroatoms. The van der Waals surface area contributed by atoms with E-state index in [1.165, 1.54) is 4.90 Å². The largest absolute Gasteiger partial charge is 0.368 e. The van der Waals surface area contributed by atoms with Gasteiger partial charge in [0.25, 0.3) is 0 Å². The number of benzene rings is 1. The smallest absolute Gasteiger partial charge is 0.243 e. The van der Waals surface area contributed by atoms with Crippen LogP contribution in [0.5, 0.6) is 0 Å². The highest BCUT2D eigenvalue weighted by molar-refractivity contribution is 6.34. The summed E-state index contributed by atoms with van der Waals surface area (Å²) < 4.78 is 1.68. The zero-order valence-corrected chi connectivity index (χ0v) is 16.5. The van der Waals surface area contributed by atoms with Gasteiger partial charge in [0, 0.05) is 22.6 Å². The lowest BCUT2D eigenvalue weighted by Gasteiger charge is -2.34. The van der Waals surface area contributed by atoms with Crippen molar-refractivity contribution in [2.45, 2.75) is 38.1 Å². The van der Waals surface area contributed by atoms with Crippen molar-refractivity contribution < 1.29 is 14.4 Å². The SMILES string of the molecule is CC(C)(C)n1ncc2c1NC(=O)C[C@]21C(=O)N(CC(N)=O)c2cccc(Cl)c21. The van der Waals surface area contributed by atoms with E-state index in [9.17, 15) is 14.4 Å². The van der Waals surface area contributed by atoms with Crippen LogP contribution < -0.4 is 16.0 Å². The van der Waals surface area contributed by atoms with Gasteiger partial charge in [0.2, 0.25) is 17.7 Å². The lowest BCUT2D eigenvalue weighted by Crippen LogP contribution is -2.48. The zero-order valence-electron chi connectivity index (χ0n) is 15.7. The zero-order chi connectivity index (χ0) is 20.4. The fourth-order valence-corrected chi connectivity index (χ4v) is 4.47. The van der Waals surface area contributed by atoms with E-state index >= 15 is 0 Å². The lowest BCUT2D eigenvalue weighted by atomic mass is 9.71. The Bertz CT molecular complexity index is 1040. The van der Waals surface area contributed by atoms with Crippen molar-refractivity contribution in [3.8, 4) is 0 Å². The molecule has 8 nitrogen and oxygen atoms in total. The van der Waals surface area contributed by atoms with Gasteiger partial charge in [-0.1, -0.05) is 17.7 Å². The Kier molecular flexibility index (Phi) is 3.84. The summed E-state index contributed by atoms with van der Waals surface area (Å²) in [5, 5.41) is 7.64. The minimum absolute atomic E-state index is 0.124. The second-order valence-corrected chi connectivity index (χ2v) is 8.52. The number of fused-ring (bicyclic) bond motifs is 4. The number of nitrogens with one attached hydrogen (secondary N) is 1. The minimum atomic E-state index is -1.34. The van der Waals surface area contributed by atoms with Gasteiger partial charge in [-0.2, -0.15) is 5.10 Å². The van der Waals surface area contributed by atoms with Crippen LogP contribution in [0.4, 0.5) is 11.5 Å². The van der Waals surface area contributed by atoms with Crippen LogP contribution in [0.1, 0.15) is 38.3 Å². The topological polar surface area (TPSA) is 110 Å². The van der Waals surface area contributed by atoms with Crippen LogP contribution in [0.3, 0.4) is 0 Å². The number of hydrogen-bond donors (Lipinski definition) is 2. The van der Waals surface area contributed by atoms with E-state index in [4.69, 9.17) is 17.3 Å². The number of halogens is 1. The molecule has 146 valence electrons. The number of primary amides is 1. The van der Waals surface area contributed by atoms with Gasteiger partial charge < -0.3 is 16.0 Å². The van der Waals surface area contributed by atoms with Crippen molar-refractivity contribution >= 4 is 40.8 Å². The highest BCUT2D eigenvalue weighted by Gasteiger charge is 2.58. The van der Waals surface area contributed by atoms with E-state index in [2.05, 4.69) is 10.4 Å². The fourth-order valence-electron chi connectivity index (χ4n) is 4.14. The molecule has 3 amide bonds. The van der Waals surface area contributed by atoms with Gasteiger partial charge in [0.1, 0.15) is 17.8 Å². The van der Waals surface area contributed by atoms with E-state index in [1.807, 2.05) is 20.8 Å². The van der Waals surface area contributed by atoms with E-state index in [0.717, 1.165) is 0 Å². The first-order valence-corrected chi connectivity index (χ1v) is 9.23. The number of nitrogens with two attached hydrogens (primary N) is 1. The predicted octanol–water partition coefficient (Wildman–Crippen LogP) is 1.75. The van der Waals surface area contributed by atoms with Crippen LogP contribution in [0, 0.1) is 0 Å². The highest BCUT2D eigenvalue weighted by atomic mass is 35.5. The molecule has 0 aliphatic carbocycles. The van der Waals surface area contributed by atoms with Gasteiger partial charge in [0.05, 0.1) is 17.4 Å². The summed E-state index contributed by atoms with van der Waals surface area (Å²) in [5.41, 5.74) is 5.16. The fraction of sp³-hybridized carbons (Fsp3) is 0.368. The van der Waals surface area contributed by atoms with E-state index < -0.39 is 22.8 Å². The normalized spacial score (nSPS) is 20.9. The number of anilines is 2. The van der Waals surface area contributed by atoms with Crippen molar-refractivity contribution in [3.63, 3.8) is 0 Å². The number of aromatic nitrogens is 2. The molecule has 1 spiro atoms. The third-order valence-electron chi connectivity index (χ3n) is 5.18. The first kappa shape index (κ1) is 18.5. The molecular weight excluding hydrogens is 382 g/mol. The van der Waals surface area contributed by atoms with Crippen LogP contribution in [0.2, 0.25) is 5.02 Å². The Balaban J connectivity index is 2.04. The standard InChI is InChI=1S/C19H20ClN5O3/c1-18(2,3)25-16-10(8-22-25)19(7-14(27)23-16)15-11(20)5-4-6-12(15)24(17(19)28)9-13(21)26/h4-6,8H,7,9H2,1-3H3,(H2,21,26)(H,23,27)/t19-/m0/s1. The van der Waals surface area contributed by atoms with Gasteiger partial charge in [-0.25, -0.2) is 4.68 Å². The Hall–Kier alpha value is -2.87. The van der Waals surface area contributed by atoms with Crippen molar-refractivity contribution in [2.24, 2.45) is 5.73 Å². The molecule has 0 fully saturated rings. The summed E-state index contributed by atoms with van der Waals surface area (Å²) >= 11 is 6.52. The molecule has 3 N–H and O–H groups in total. The lowest BCUT2D eigenvalue weighted by molar-refractivity contribution is -0.127. The number of rotatable bonds is 2. The Labute approximate surface area is 166 Å². The molecule has 0 saturated heterocycles. The van der Waals surface area contributed by atoms with Crippen LogP contribution in [-0.4, -0.2) is 34.0 Å². The Morgan fingerprint density at radius 2 is 2.07 bits per heavy atom. The minimum Gasteiger partial charge on any atom is -0.368 e. The molecule has 28 heavy (non-hydrogen) atoms. The average Bonchev–Trinajstić information content (AvgIpc) is 3.10. The molecule has 3 heterocycles. The maximum Gasteiger partial charge on any atom is 0.243 e. The highest BCUT2D eigenvalue weighted by Crippen LogP contribution is 2.54. The summed E-state index contributed by atoms with van der Waals surface area (Å²) in [6, 6.07) is 5.07. The second kappa shape index (κ2) is 5.81. The number of carbonyl (C=O) groups excluding carboxylic acids is 3. The van der Waals surface area contributed by atoms with Crippen LogP contribution in [-0.2, 0) is 25.3 Å². The summed E-state index contributed by atoms with van der Waals surface area (Å²) in [6.07, 6.45) is 1.47. The Morgan fingerprint density at radius 1 is 1.36 bits per heavy atom. The molecule has 1 aromatic heterocycles. The molecule has 2 aliphatic heterocycles. The first-order chi connectivity index (χ1) is 13.1. The summed E-state index contributed by atoms with van der Waals surface area (Å²) in [5.74, 6) is -0.913. The van der Waals surface area contributed by atoms with Crippen molar-refractivity contribution in [1.82, 2.24) is 9.78 Å². The maximum atomic E-state index is 13.6. The quantitative estimate of drug-likeness (QED) is 0.798. The average molecular weight is 402 g/mol. The monoisotopic (exact) mass is 401 g/mol. The molecule has 0 unspecified atom stereocenters. The molecular formula is C19H20ClN5O3. The molecule has 0 bridgehead atoms. The summed E-state index contributed by atoms with van der Waals surface area (Å²) in [7, 11) is 0. The van der Waals surface area contributed by atoms with Crippen LogP contribution in [0.15, 0.2) is 24.4 Å². The molecule has 4 rings (SSSR count). The molecule has 2 aromatic rings. The van der Waals surface area contributed by atoms with Crippen molar-refractivity contribution in [2.75, 3.05) is 16.8 Å². The molecule has 2 aliphatic rings. The van der Waals surface area contributed by atoms with E-state index in [0.29, 0.717) is 27.7 Å². The number of hydrogen-bond acceptors (Lipinski definition) is 4. The van der Waals surface area contributed by atoms with Crippen LogP contribution >= 0.6 is 11.6 Å². The number of amides is 3. The number of nitrogens with zero attached hydrogens (tertiary/aromatic N) is 3. The predicted molar refractivity (Wildman–Crippen MR) is 104 cm³/mol. The molecule has 0 radical (unpaired) electrons. The second-order valence-electron chi connectivity index (χ2n) is 8.11. The maximum absolute atomic E-state index is 13.6. The third kappa shape index (κ3) is 2.37. The van der Waals surface area contributed by atoms with Crippen LogP contribution in [0.25, 0.3) is 0 Å². The van der Waals surface area contributed by atoms with Gasteiger partial charge in [-0.15, -0.1) is 0 Å². The summed E-state index contributed by atoms with van der Waals surface area (Å²) in [4.78, 5) is 39.3. The van der Waals surface area contributed by atoms with Crippen molar-refractivity contribution in [3.05, 3.63) is 40.5 Å². The summed E-state index contributed by atoms with van der Waals surface area (Å²) in [6.45, 7) is 5.55.